The summed E-state index contributed by atoms with van der Waals surface area (Å²) in [5, 5.41) is 6.94. The largest absolute Gasteiger partial charge is 0.468 e. The molecule has 2 N–H and O–H groups in total. The normalized spacial score (nSPS) is 15.8. The third kappa shape index (κ3) is 7.28. The molecule has 1 aromatic heterocycles. The highest BCUT2D eigenvalue weighted by Crippen LogP contribution is 2.24. The number of rotatable bonds is 9. The molecule has 0 amide bonds. The Kier molecular flexibility index (Phi) is 10.7. The van der Waals surface area contributed by atoms with Crippen molar-refractivity contribution in [3.8, 4) is 0 Å². The van der Waals surface area contributed by atoms with E-state index in [4.69, 9.17) is 4.42 Å². The van der Waals surface area contributed by atoms with Crippen LogP contribution in [0, 0.1) is 0 Å². The third-order valence-corrected chi connectivity index (χ3v) is 5.58. The molecule has 1 aromatic carbocycles. The van der Waals surface area contributed by atoms with E-state index < -0.39 is 0 Å². The Balaban J connectivity index is 0.00000320. The highest BCUT2D eigenvalue weighted by atomic mass is 127. The van der Waals surface area contributed by atoms with Crippen molar-refractivity contribution in [3.05, 3.63) is 59.5 Å². The molecule has 0 saturated carbocycles. The molecule has 2 heterocycles. The van der Waals surface area contributed by atoms with E-state index in [9.17, 15) is 0 Å². The Bertz CT molecular complexity index is 759. The molecule has 1 unspecified atom stereocenters. The van der Waals surface area contributed by atoms with Gasteiger partial charge in [-0.2, -0.15) is 0 Å². The molecule has 1 atom stereocenters. The molecule has 3 rings (SSSR count). The van der Waals surface area contributed by atoms with Crippen molar-refractivity contribution in [3.63, 3.8) is 0 Å². The molecule has 1 aliphatic rings. The molecular weight excluding hydrogens is 489 g/mol. The fourth-order valence-electron chi connectivity index (χ4n) is 3.80. The van der Waals surface area contributed by atoms with Crippen LogP contribution in [0.1, 0.15) is 42.7 Å². The number of guanidine groups is 1. The standard InChI is InChI=1S/C23H35N5O.HI/c1-4-27(3)18-20-10-7-9-19(15-20)16-25-23(24-2)26-17-21(22-11-8-14-29-22)28-12-5-6-13-28;/h7-11,14-15,21H,4-6,12-13,16-18H2,1-3H3,(H2,24,25,26);1H. The molecule has 2 aromatic rings. The van der Waals surface area contributed by atoms with E-state index in [-0.39, 0.29) is 30.0 Å². The summed E-state index contributed by atoms with van der Waals surface area (Å²) in [6.45, 7) is 7.97. The summed E-state index contributed by atoms with van der Waals surface area (Å²) in [7, 11) is 3.96. The molecule has 30 heavy (non-hydrogen) atoms. The smallest absolute Gasteiger partial charge is 0.191 e. The molecule has 166 valence electrons. The SMILES string of the molecule is CCN(C)Cc1cccc(CNC(=NC)NCC(c2ccco2)N2CCCC2)c1.I. The average Bonchev–Trinajstić information content (AvgIpc) is 3.45. The number of hydrogen-bond acceptors (Lipinski definition) is 4. The van der Waals surface area contributed by atoms with Crippen molar-refractivity contribution >= 4 is 29.9 Å². The van der Waals surface area contributed by atoms with E-state index >= 15 is 0 Å². The van der Waals surface area contributed by atoms with Crippen molar-refractivity contribution in [2.24, 2.45) is 4.99 Å². The zero-order valence-electron chi connectivity index (χ0n) is 18.4. The first-order valence-corrected chi connectivity index (χ1v) is 10.7. The maximum absolute atomic E-state index is 5.71. The molecule has 7 heteroatoms. The topological polar surface area (TPSA) is 56.0 Å². The van der Waals surface area contributed by atoms with Crippen LogP contribution in [-0.4, -0.2) is 56.0 Å². The zero-order chi connectivity index (χ0) is 20.5. The molecule has 0 radical (unpaired) electrons. The van der Waals surface area contributed by atoms with Crippen LogP contribution in [0.15, 0.2) is 52.1 Å². The van der Waals surface area contributed by atoms with Gasteiger partial charge in [-0.25, -0.2) is 0 Å². The Hall–Kier alpha value is -1.58. The third-order valence-electron chi connectivity index (χ3n) is 5.58. The van der Waals surface area contributed by atoms with Crippen LogP contribution in [0.4, 0.5) is 0 Å². The molecule has 1 aliphatic heterocycles. The fraction of sp³-hybridized carbons (Fsp3) is 0.522. The lowest BCUT2D eigenvalue weighted by Crippen LogP contribution is -2.42. The summed E-state index contributed by atoms with van der Waals surface area (Å²) >= 11 is 0. The van der Waals surface area contributed by atoms with Gasteiger partial charge in [-0.3, -0.25) is 9.89 Å². The molecule has 0 aliphatic carbocycles. The first kappa shape index (κ1) is 24.7. The van der Waals surface area contributed by atoms with E-state index in [1.807, 2.05) is 13.1 Å². The van der Waals surface area contributed by atoms with Gasteiger partial charge in [0.1, 0.15) is 5.76 Å². The quantitative estimate of drug-likeness (QED) is 0.296. The summed E-state index contributed by atoms with van der Waals surface area (Å²) in [4.78, 5) is 9.20. The van der Waals surface area contributed by atoms with Crippen molar-refractivity contribution in [2.75, 3.05) is 40.3 Å². The minimum Gasteiger partial charge on any atom is -0.468 e. The lowest BCUT2D eigenvalue weighted by Gasteiger charge is -2.26. The highest BCUT2D eigenvalue weighted by Gasteiger charge is 2.25. The lowest BCUT2D eigenvalue weighted by molar-refractivity contribution is 0.215. The van der Waals surface area contributed by atoms with Gasteiger partial charge in [0.2, 0.25) is 0 Å². The number of likely N-dealkylation sites (tertiary alicyclic amines) is 1. The molecule has 0 spiro atoms. The van der Waals surface area contributed by atoms with E-state index in [0.29, 0.717) is 0 Å². The second kappa shape index (κ2) is 13.0. The van der Waals surface area contributed by atoms with Crippen molar-refractivity contribution in [1.29, 1.82) is 0 Å². The van der Waals surface area contributed by atoms with Gasteiger partial charge in [0, 0.05) is 26.7 Å². The molecule has 1 saturated heterocycles. The number of furan rings is 1. The predicted octanol–water partition coefficient (Wildman–Crippen LogP) is 3.85. The molecule has 1 fully saturated rings. The van der Waals surface area contributed by atoms with Gasteiger partial charge < -0.3 is 20.0 Å². The van der Waals surface area contributed by atoms with Crippen molar-refractivity contribution < 1.29 is 4.42 Å². The molecule has 0 bridgehead atoms. The number of benzene rings is 1. The Labute approximate surface area is 198 Å². The molecule has 6 nitrogen and oxygen atoms in total. The van der Waals surface area contributed by atoms with Crippen molar-refractivity contribution in [2.45, 2.75) is 38.9 Å². The number of nitrogens with zero attached hydrogens (tertiary/aromatic N) is 3. The summed E-state index contributed by atoms with van der Waals surface area (Å²) < 4.78 is 5.71. The van der Waals surface area contributed by atoms with Crippen LogP contribution in [0.3, 0.4) is 0 Å². The lowest BCUT2D eigenvalue weighted by atomic mass is 10.1. The van der Waals surface area contributed by atoms with Crippen LogP contribution in [0.25, 0.3) is 0 Å². The predicted molar refractivity (Wildman–Crippen MR) is 134 cm³/mol. The van der Waals surface area contributed by atoms with E-state index in [2.05, 4.69) is 69.7 Å². The van der Waals surface area contributed by atoms with Crippen molar-refractivity contribution in [1.82, 2.24) is 20.4 Å². The Morgan fingerprint density at radius 3 is 2.60 bits per heavy atom. The van der Waals surface area contributed by atoms with E-state index in [0.717, 1.165) is 51.0 Å². The average molecular weight is 525 g/mol. The second-order valence-electron chi connectivity index (χ2n) is 7.73. The summed E-state index contributed by atoms with van der Waals surface area (Å²) in [5.74, 6) is 1.83. The highest BCUT2D eigenvalue weighted by molar-refractivity contribution is 14.0. The van der Waals surface area contributed by atoms with E-state index in [1.54, 1.807) is 6.26 Å². The fourth-order valence-corrected chi connectivity index (χ4v) is 3.80. The monoisotopic (exact) mass is 525 g/mol. The number of aliphatic imine (C=N–C) groups is 1. The van der Waals surface area contributed by atoms with Crippen LogP contribution in [0.5, 0.6) is 0 Å². The maximum Gasteiger partial charge on any atom is 0.191 e. The van der Waals surface area contributed by atoms with Gasteiger partial charge >= 0.3 is 0 Å². The van der Waals surface area contributed by atoms with Gasteiger partial charge in [0.25, 0.3) is 0 Å². The summed E-state index contributed by atoms with van der Waals surface area (Å²) in [6, 6.07) is 13.0. The minimum atomic E-state index is 0. The van der Waals surface area contributed by atoms with Crippen LogP contribution >= 0.6 is 24.0 Å². The van der Waals surface area contributed by atoms with Crippen LogP contribution in [-0.2, 0) is 13.1 Å². The number of halogens is 1. The van der Waals surface area contributed by atoms with Gasteiger partial charge in [0.15, 0.2) is 5.96 Å². The van der Waals surface area contributed by atoms with Gasteiger partial charge in [-0.1, -0.05) is 31.2 Å². The van der Waals surface area contributed by atoms with Gasteiger partial charge in [-0.05, 0) is 62.8 Å². The molecular formula is C23H36IN5O. The van der Waals surface area contributed by atoms with Crippen LogP contribution in [0.2, 0.25) is 0 Å². The Morgan fingerprint density at radius 1 is 1.17 bits per heavy atom. The first-order valence-electron chi connectivity index (χ1n) is 10.7. The number of nitrogens with one attached hydrogen (secondary N) is 2. The number of hydrogen-bond donors (Lipinski definition) is 2. The first-order chi connectivity index (χ1) is 14.2. The Morgan fingerprint density at radius 2 is 1.93 bits per heavy atom. The van der Waals surface area contributed by atoms with E-state index in [1.165, 1.54) is 24.0 Å². The zero-order valence-corrected chi connectivity index (χ0v) is 20.8. The minimum absolute atomic E-state index is 0. The summed E-state index contributed by atoms with van der Waals surface area (Å²) in [5.41, 5.74) is 2.60. The summed E-state index contributed by atoms with van der Waals surface area (Å²) in [6.07, 6.45) is 4.27. The van der Waals surface area contributed by atoms with Gasteiger partial charge in [-0.15, -0.1) is 24.0 Å². The van der Waals surface area contributed by atoms with Crippen LogP contribution < -0.4 is 10.6 Å². The second-order valence-corrected chi connectivity index (χ2v) is 7.73. The van der Waals surface area contributed by atoms with Gasteiger partial charge in [0.05, 0.1) is 12.3 Å². The maximum atomic E-state index is 5.71.